The van der Waals surface area contributed by atoms with Crippen LogP contribution in [0.5, 0.6) is 0 Å². The van der Waals surface area contributed by atoms with Gasteiger partial charge in [-0.05, 0) is 69.6 Å². The van der Waals surface area contributed by atoms with Gasteiger partial charge in [-0.2, -0.15) is 13.2 Å². The van der Waals surface area contributed by atoms with Crippen molar-refractivity contribution in [2.24, 2.45) is 5.92 Å². The Labute approximate surface area is 181 Å². The Bertz CT molecular complexity index is 782. The number of nitrogens with one attached hydrogen (secondary N) is 2. The number of sulfonamides is 1. The number of halogens is 5. The molecule has 0 spiro atoms. The third kappa shape index (κ3) is 7.96. The van der Waals surface area contributed by atoms with Gasteiger partial charge in [0.25, 0.3) is 0 Å². The van der Waals surface area contributed by atoms with Crippen LogP contribution in [0.25, 0.3) is 0 Å². The normalized spacial score (nSPS) is 21.7. The number of aliphatic hydroxyl groups is 1. The van der Waals surface area contributed by atoms with Crippen molar-refractivity contribution in [3.63, 3.8) is 0 Å². The average molecular weight is 477 g/mol. The highest BCUT2D eigenvalue weighted by Gasteiger charge is 2.47. The lowest BCUT2D eigenvalue weighted by Gasteiger charge is -2.35. The maximum atomic E-state index is 13.3. The van der Waals surface area contributed by atoms with E-state index in [0.29, 0.717) is 31.2 Å². The number of alkyl halides is 3. The summed E-state index contributed by atoms with van der Waals surface area (Å²) in [6, 6.07) is 5.06. The Kier molecular flexibility index (Phi) is 9.56. The first-order valence-corrected chi connectivity index (χ1v) is 11.0. The molecule has 0 saturated heterocycles. The minimum atomic E-state index is -5.31. The van der Waals surface area contributed by atoms with Gasteiger partial charge in [-0.25, -0.2) is 17.5 Å². The van der Waals surface area contributed by atoms with Crippen molar-refractivity contribution in [2.45, 2.75) is 69.1 Å². The largest absolute Gasteiger partial charge is 0.511 e. The maximum absolute atomic E-state index is 13.3. The number of rotatable bonds is 8. The van der Waals surface area contributed by atoms with Crippen LogP contribution in [0.2, 0.25) is 0 Å². The molecular formula is C19H29ClF4N2O3S. The van der Waals surface area contributed by atoms with Gasteiger partial charge < -0.3 is 10.4 Å². The number of aliphatic hydroxyl groups excluding tert-OH is 1. The van der Waals surface area contributed by atoms with E-state index in [1.54, 1.807) is 10.8 Å². The van der Waals surface area contributed by atoms with Gasteiger partial charge in [0.05, 0.1) is 6.10 Å². The summed E-state index contributed by atoms with van der Waals surface area (Å²) >= 11 is 0. The van der Waals surface area contributed by atoms with Crippen molar-refractivity contribution in [3.05, 3.63) is 35.6 Å². The molecule has 1 atom stereocenters. The van der Waals surface area contributed by atoms with Crippen LogP contribution >= 0.6 is 12.4 Å². The molecule has 5 nitrogen and oxygen atoms in total. The molecule has 1 saturated carbocycles. The molecule has 11 heteroatoms. The molecule has 0 unspecified atom stereocenters. The Morgan fingerprint density at radius 2 is 1.77 bits per heavy atom. The fraction of sp³-hybridized carbons (Fsp3) is 0.684. The molecule has 174 valence electrons. The van der Waals surface area contributed by atoms with Crippen LogP contribution in [0.1, 0.15) is 57.6 Å². The summed E-state index contributed by atoms with van der Waals surface area (Å²) in [5.41, 5.74) is -5.17. The summed E-state index contributed by atoms with van der Waals surface area (Å²) in [5.74, 6) is -0.186. The first-order chi connectivity index (χ1) is 13.3. The van der Waals surface area contributed by atoms with E-state index in [-0.39, 0.29) is 30.4 Å². The second kappa shape index (κ2) is 10.6. The fourth-order valence-electron chi connectivity index (χ4n) is 3.77. The van der Waals surface area contributed by atoms with E-state index in [2.05, 4.69) is 5.32 Å². The molecule has 3 N–H and O–H groups in total. The number of hydrogen-bond acceptors (Lipinski definition) is 4. The van der Waals surface area contributed by atoms with Crippen LogP contribution in [-0.4, -0.2) is 37.2 Å². The number of β-amino-alcohol motifs (C(OH)–C–C–N with tert-alkyl or cyclic N) is 1. The molecule has 0 heterocycles. The third-order valence-corrected chi connectivity index (χ3v) is 6.53. The summed E-state index contributed by atoms with van der Waals surface area (Å²) in [5, 5.41) is 13.5. The van der Waals surface area contributed by atoms with Gasteiger partial charge in [0.2, 0.25) is 0 Å². The van der Waals surface area contributed by atoms with Crippen LogP contribution < -0.4 is 10.0 Å². The molecule has 0 aromatic heterocycles. The van der Waals surface area contributed by atoms with E-state index in [1.165, 1.54) is 18.2 Å². The third-order valence-electron chi connectivity index (χ3n) is 5.28. The molecule has 1 aliphatic carbocycles. The van der Waals surface area contributed by atoms with Gasteiger partial charge in [-0.1, -0.05) is 12.1 Å². The predicted molar refractivity (Wildman–Crippen MR) is 109 cm³/mol. The van der Waals surface area contributed by atoms with E-state index in [9.17, 15) is 31.1 Å². The smallest absolute Gasteiger partial charge is 0.387 e. The highest BCUT2D eigenvalue weighted by Crippen LogP contribution is 2.32. The van der Waals surface area contributed by atoms with Gasteiger partial charge in [-0.3, -0.25) is 0 Å². The Morgan fingerprint density at radius 3 is 2.30 bits per heavy atom. The maximum Gasteiger partial charge on any atom is 0.511 e. The zero-order chi connectivity index (χ0) is 21.9. The van der Waals surface area contributed by atoms with E-state index in [0.717, 1.165) is 6.42 Å². The van der Waals surface area contributed by atoms with Crippen LogP contribution in [0, 0.1) is 11.7 Å². The Balaban J connectivity index is 0.00000450. The summed E-state index contributed by atoms with van der Waals surface area (Å²) < 4.78 is 74.9. The molecule has 1 fully saturated rings. The topological polar surface area (TPSA) is 78.4 Å². The van der Waals surface area contributed by atoms with Gasteiger partial charge >= 0.3 is 15.5 Å². The minimum Gasteiger partial charge on any atom is -0.387 e. The van der Waals surface area contributed by atoms with Gasteiger partial charge in [0.1, 0.15) is 5.82 Å². The molecule has 1 aromatic carbocycles. The van der Waals surface area contributed by atoms with Crippen molar-refractivity contribution in [3.8, 4) is 0 Å². The minimum absolute atomic E-state index is 0. The van der Waals surface area contributed by atoms with E-state index < -0.39 is 33.5 Å². The molecular weight excluding hydrogens is 448 g/mol. The fourth-order valence-corrected chi connectivity index (χ4v) is 4.58. The van der Waals surface area contributed by atoms with Crippen molar-refractivity contribution in [2.75, 3.05) is 6.54 Å². The van der Waals surface area contributed by atoms with Gasteiger partial charge in [0.15, 0.2) is 0 Å². The molecule has 1 aliphatic rings. The Morgan fingerprint density at radius 1 is 1.17 bits per heavy atom. The van der Waals surface area contributed by atoms with E-state index in [1.807, 2.05) is 13.8 Å². The lowest BCUT2D eigenvalue weighted by atomic mass is 9.79. The zero-order valence-electron chi connectivity index (χ0n) is 16.9. The summed E-state index contributed by atoms with van der Waals surface area (Å²) in [6.45, 7) is 4.16. The molecule has 1 aromatic rings. The Hall–Kier alpha value is -0.940. The first kappa shape index (κ1) is 27.1. The number of hydrogen-bond donors (Lipinski definition) is 3. The highest BCUT2D eigenvalue weighted by atomic mass is 35.5. The first-order valence-electron chi connectivity index (χ1n) is 9.56. The predicted octanol–water partition coefficient (Wildman–Crippen LogP) is 4.04. The monoisotopic (exact) mass is 476 g/mol. The lowest BCUT2D eigenvalue weighted by Crippen LogP contribution is -2.46. The molecule has 0 amide bonds. The molecule has 30 heavy (non-hydrogen) atoms. The van der Waals surface area contributed by atoms with Crippen molar-refractivity contribution < 1.29 is 31.1 Å². The summed E-state index contributed by atoms with van der Waals surface area (Å²) in [4.78, 5) is 0. The molecule has 0 bridgehead atoms. The molecule has 0 radical (unpaired) electrons. The quantitative estimate of drug-likeness (QED) is 0.495. The van der Waals surface area contributed by atoms with Crippen LogP contribution in [0.15, 0.2) is 24.3 Å². The summed E-state index contributed by atoms with van der Waals surface area (Å²) in [6.07, 6.45) is 1.79. The van der Waals surface area contributed by atoms with Crippen LogP contribution in [0.4, 0.5) is 17.6 Å². The molecule has 2 rings (SSSR count). The zero-order valence-corrected chi connectivity index (χ0v) is 18.5. The van der Waals surface area contributed by atoms with Gasteiger partial charge in [-0.15, -0.1) is 12.4 Å². The average Bonchev–Trinajstić information content (AvgIpc) is 2.60. The van der Waals surface area contributed by atoms with E-state index >= 15 is 0 Å². The SMILES string of the molecule is CC(C)(CC1CCC(NS(=O)(=O)C(F)(F)F)CC1)NC[C@H](O)c1cccc(F)c1.Cl. The van der Waals surface area contributed by atoms with Crippen molar-refractivity contribution >= 4 is 22.4 Å². The second-order valence-electron chi connectivity index (χ2n) is 8.32. The van der Waals surface area contributed by atoms with Gasteiger partial charge in [0, 0.05) is 18.1 Å². The number of benzene rings is 1. The summed E-state index contributed by atoms with van der Waals surface area (Å²) in [7, 11) is -5.31. The lowest BCUT2D eigenvalue weighted by molar-refractivity contribution is -0.0452. The second-order valence-corrected chi connectivity index (χ2v) is 10.0. The highest BCUT2D eigenvalue weighted by molar-refractivity contribution is 7.90. The van der Waals surface area contributed by atoms with E-state index in [4.69, 9.17) is 0 Å². The van der Waals surface area contributed by atoms with Crippen LogP contribution in [0.3, 0.4) is 0 Å². The standard InChI is InChI=1S/C19H28F4N2O3S.ClH/c1-18(2,24-12-17(26)14-4-3-5-15(20)10-14)11-13-6-8-16(9-7-13)25-29(27,28)19(21,22)23;/h3-5,10,13,16-17,24-26H,6-9,11-12H2,1-2H3;1H/t13?,16?,17-;/m0./s1. The van der Waals surface area contributed by atoms with Crippen molar-refractivity contribution in [1.82, 2.24) is 10.0 Å². The molecule has 0 aliphatic heterocycles. The van der Waals surface area contributed by atoms with Crippen molar-refractivity contribution in [1.29, 1.82) is 0 Å². The van der Waals surface area contributed by atoms with Crippen LogP contribution in [-0.2, 0) is 10.0 Å².